The fraction of sp³-hybridized carbons (Fsp3) is 0.857. The molecule has 0 aromatic rings. The SMILES string of the molecule is CC(C)(C)[S+]([O-])/N=C/CCS(=O)(=O)O. The van der Waals surface area contributed by atoms with Gasteiger partial charge in [-0.2, -0.15) is 8.42 Å². The van der Waals surface area contributed by atoms with Crippen LogP contribution in [0.25, 0.3) is 0 Å². The van der Waals surface area contributed by atoms with Gasteiger partial charge in [0.25, 0.3) is 10.1 Å². The monoisotopic (exact) mass is 241 g/mol. The third kappa shape index (κ3) is 7.31. The highest BCUT2D eigenvalue weighted by molar-refractivity contribution is 7.91. The number of hydrogen-bond acceptors (Lipinski definition) is 4. The van der Waals surface area contributed by atoms with E-state index < -0.39 is 32.0 Å². The van der Waals surface area contributed by atoms with E-state index in [0.717, 1.165) is 0 Å². The Kier molecular flexibility index (Phi) is 5.07. The lowest BCUT2D eigenvalue weighted by Gasteiger charge is -2.17. The first-order valence-electron chi connectivity index (χ1n) is 4.02. The maximum Gasteiger partial charge on any atom is 0.265 e. The van der Waals surface area contributed by atoms with Crippen molar-refractivity contribution in [3.8, 4) is 0 Å². The molecule has 0 aromatic carbocycles. The number of hydrogen-bond donors (Lipinski definition) is 1. The van der Waals surface area contributed by atoms with Gasteiger partial charge in [0.1, 0.15) is 16.1 Å². The smallest absolute Gasteiger partial charge is 0.265 e. The van der Waals surface area contributed by atoms with Crippen LogP contribution in [0.15, 0.2) is 4.40 Å². The zero-order valence-electron chi connectivity index (χ0n) is 8.43. The molecule has 0 fully saturated rings. The summed E-state index contributed by atoms with van der Waals surface area (Å²) in [5.41, 5.74) is 0. The van der Waals surface area contributed by atoms with Crippen LogP contribution >= 0.6 is 0 Å². The van der Waals surface area contributed by atoms with Crippen LogP contribution in [-0.2, 0) is 21.5 Å². The molecular weight excluding hydrogens is 226 g/mol. The van der Waals surface area contributed by atoms with Crippen molar-refractivity contribution < 1.29 is 17.5 Å². The van der Waals surface area contributed by atoms with E-state index in [1.807, 2.05) is 0 Å². The summed E-state index contributed by atoms with van der Waals surface area (Å²) in [5.74, 6) is -0.391. The van der Waals surface area contributed by atoms with Gasteiger partial charge < -0.3 is 4.55 Å². The molecular formula is C7H15NO4S2. The highest BCUT2D eigenvalue weighted by Crippen LogP contribution is 2.16. The topological polar surface area (TPSA) is 89.8 Å². The molecule has 1 atom stereocenters. The van der Waals surface area contributed by atoms with Gasteiger partial charge in [-0.15, -0.1) is 0 Å². The molecule has 7 heteroatoms. The van der Waals surface area contributed by atoms with Crippen molar-refractivity contribution in [2.45, 2.75) is 31.9 Å². The summed E-state index contributed by atoms with van der Waals surface area (Å²) in [6, 6.07) is 0. The Hall–Kier alpha value is -0.110. The zero-order chi connectivity index (χ0) is 11.4. The Morgan fingerprint density at radius 1 is 1.50 bits per heavy atom. The minimum atomic E-state index is -3.95. The molecule has 0 spiro atoms. The molecule has 0 saturated heterocycles. The van der Waals surface area contributed by atoms with E-state index in [2.05, 4.69) is 4.40 Å². The van der Waals surface area contributed by atoms with Gasteiger partial charge in [-0.05, 0) is 20.8 Å². The Labute approximate surface area is 87.7 Å². The Balaban J connectivity index is 3.97. The van der Waals surface area contributed by atoms with Gasteiger partial charge in [0.05, 0.1) is 12.0 Å². The summed E-state index contributed by atoms with van der Waals surface area (Å²) in [6.07, 6.45) is 1.33. The lowest BCUT2D eigenvalue weighted by Crippen LogP contribution is -2.25. The van der Waals surface area contributed by atoms with Gasteiger partial charge in [-0.25, -0.2) is 0 Å². The van der Waals surface area contributed by atoms with E-state index in [1.165, 1.54) is 6.21 Å². The summed E-state index contributed by atoms with van der Waals surface area (Å²) in [7, 11) is -3.95. The fourth-order valence-corrected chi connectivity index (χ4v) is 1.44. The van der Waals surface area contributed by atoms with E-state index in [4.69, 9.17) is 4.55 Å². The maximum absolute atomic E-state index is 11.3. The van der Waals surface area contributed by atoms with Crippen molar-refractivity contribution in [1.82, 2.24) is 0 Å². The van der Waals surface area contributed by atoms with Crippen molar-refractivity contribution in [2.24, 2.45) is 4.40 Å². The van der Waals surface area contributed by atoms with Gasteiger partial charge in [0, 0.05) is 6.42 Å². The molecule has 0 saturated carbocycles. The molecule has 0 aliphatic carbocycles. The van der Waals surface area contributed by atoms with Crippen LogP contribution in [0, 0.1) is 0 Å². The fourth-order valence-electron chi connectivity index (χ4n) is 0.480. The Morgan fingerprint density at radius 2 is 2.00 bits per heavy atom. The summed E-state index contributed by atoms with van der Waals surface area (Å²) in [4.78, 5) is 0. The first-order valence-corrected chi connectivity index (χ1v) is 6.74. The standard InChI is InChI=1S/C7H15NO4S2/c1-7(2,3)13(9)8-5-4-6-14(10,11)12/h5H,4,6H2,1-3H3,(H,10,11,12)/b8-5+. The number of nitrogens with zero attached hydrogens (tertiary/aromatic N) is 1. The average Bonchev–Trinajstić information content (AvgIpc) is 1.93. The first kappa shape index (κ1) is 13.9. The van der Waals surface area contributed by atoms with Crippen LogP contribution in [0.1, 0.15) is 27.2 Å². The van der Waals surface area contributed by atoms with E-state index in [0.29, 0.717) is 0 Å². The quantitative estimate of drug-likeness (QED) is 0.448. The third-order valence-corrected chi connectivity index (χ3v) is 3.34. The second-order valence-electron chi connectivity index (χ2n) is 3.72. The van der Waals surface area contributed by atoms with Crippen LogP contribution in [0.5, 0.6) is 0 Å². The van der Waals surface area contributed by atoms with Gasteiger partial charge in [-0.1, -0.05) is 4.40 Å². The van der Waals surface area contributed by atoms with Crippen LogP contribution in [0.3, 0.4) is 0 Å². The highest BCUT2D eigenvalue weighted by atomic mass is 32.2. The maximum atomic E-state index is 11.3. The van der Waals surface area contributed by atoms with Crippen LogP contribution in [-0.4, -0.2) is 34.2 Å². The second kappa shape index (κ2) is 5.11. The van der Waals surface area contributed by atoms with E-state index in [-0.39, 0.29) is 6.42 Å². The van der Waals surface area contributed by atoms with Crippen molar-refractivity contribution in [2.75, 3.05) is 5.75 Å². The minimum Gasteiger partial charge on any atom is -0.591 e. The van der Waals surface area contributed by atoms with E-state index in [9.17, 15) is 13.0 Å². The van der Waals surface area contributed by atoms with Gasteiger partial charge in [0.2, 0.25) is 0 Å². The van der Waals surface area contributed by atoms with Crippen molar-refractivity contribution >= 4 is 27.7 Å². The molecule has 0 radical (unpaired) electrons. The highest BCUT2D eigenvalue weighted by Gasteiger charge is 2.25. The van der Waals surface area contributed by atoms with Gasteiger partial charge in [0.15, 0.2) is 0 Å². The predicted octanol–water partition coefficient (Wildman–Crippen LogP) is 0.797. The number of rotatable bonds is 4. The average molecular weight is 241 g/mol. The molecule has 0 aliphatic heterocycles. The molecule has 84 valence electrons. The first-order chi connectivity index (χ1) is 6.13. The summed E-state index contributed by atoms with van der Waals surface area (Å²) in [5, 5.41) is 0. The predicted molar refractivity (Wildman–Crippen MR) is 57.4 cm³/mol. The van der Waals surface area contributed by atoms with E-state index in [1.54, 1.807) is 20.8 Å². The molecule has 0 aliphatic rings. The van der Waals surface area contributed by atoms with Crippen molar-refractivity contribution in [1.29, 1.82) is 0 Å². The summed E-state index contributed by atoms with van der Waals surface area (Å²) >= 11 is -1.37. The van der Waals surface area contributed by atoms with Crippen molar-refractivity contribution in [3.63, 3.8) is 0 Å². The molecule has 0 aromatic heterocycles. The Bertz CT molecular complexity index is 291. The molecule has 0 bridgehead atoms. The largest absolute Gasteiger partial charge is 0.591 e. The van der Waals surface area contributed by atoms with Gasteiger partial charge >= 0.3 is 0 Å². The minimum absolute atomic E-state index is 0.0701. The zero-order valence-corrected chi connectivity index (χ0v) is 10.1. The molecule has 5 nitrogen and oxygen atoms in total. The molecule has 0 heterocycles. The van der Waals surface area contributed by atoms with Crippen molar-refractivity contribution in [3.05, 3.63) is 0 Å². The molecule has 14 heavy (non-hydrogen) atoms. The van der Waals surface area contributed by atoms with Crippen LogP contribution in [0.4, 0.5) is 0 Å². The third-order valence-electron chi connectivity index (χ3n) is 1.20. The van der Waals surface area contributed by atoms with Crippen LogP contribution in [0.2, 0.25) is 0 Å². The summed E-state index contributed by atoms with van der Waals surface area (Å²) in [6.45, 7) is 5.30. The molecule has 1 N–H and O–H groups in total. The van der Waals surface area contributed by atoms with Gasteiger partial charge in [-0.3, -0.25) is 4.55 Å². The second-order valence-corrected chi connectivity index (χ2v) is 7.23. The van der Waals surface area contributed by atoms with E-state index >= 15 is 0 Å². The lowest BCUT2D eigenvalue weighted by molar-refractivity contribution is 0.483. The Morgan fingerprint density at radius 3 is 2.36 bits per heavy atom. The molecule has 0 amide bonds. The normalized spacial score (nSPS) is 16.1. The lowest BCUT2D eigenvalue weighted by atomic mass is 10.3. The molecule has 1 unspecified atom stereocenters. The summed E-state index contributed by atoms with van der Waals surface area (Å²) < 4.78 is 43.5. The van der Waals surface area contributed by atoms with Crippen LogP contribution < -0.4 is 0 Å². The molecule has 0 rings (SSSR count).